The number of carbonyl (C=O) groups is 1. The van der Waals surface area contributed by atoms with E-state index in [1.807, 2.05) is 0 Å². The maximum Gasteiger partial charge on any atom is 0.289 e. The van der Waals surface area contributed by atoms with Crippen LogP contribution in [0.3, 0.4) is 0 Å². The number of hydrogen-bond donors (Lipinski definition) is 1. The summed E-state index contributed by atoms with van der Waals surface area (Å²) in [6, 6.07) is 12.5. The van der Waals surface area contributed by atoms with E-state index in [1.165, 1.54) is 34.5 Å². The number of rotatable bonds is 4. The van der Waals surface area contributed by atoms with Gasteiger partial charge in [-0.05, 0) is 24.3 Å². The van der Waals surface area contributed by atoms with Gasteiger partial charge < -0.3 is 19.3 Å². The number of benzene rings is 2. The Morgan fingerprint density at radius 1 is 1.12 bits per heavy atom. The summed E-state index contributed by atoms with van der Waals surface area (Å²) in [5.41, 5.74) is 0.322. The second-order valence-corrected chi connectivity index (χ2v) is 9.40. The van der Waals surface area contributed by atoms with Crippen molar-refractivity contribution in [1.29, 1.82) is 0 Å². The summed E-state index contributed by atoms with van der Waals surface area (Å²) in [5.74, 6) is 0.0588. The van der Waals surface area contributed by atoms with Crippen LogP contribution in [0.25, 0.3) is 11.0 Å². The average molecular weight is 478 g/mol. The molecule has 1 fully saturated rings. The van der Waals surface area contributed by atoms with E-state index in [4.69, 9.17) is 20.8 Å². The Bertz CT molecular complexity index is 1350. The molecule has 11 heteroatoms. The molecule has 0 bridgehead atoms. The Morgan fingerprint density at radius 2 is 1.84 bits per heavy atom. The minimum Gasteiger partial charge on any atom is -0.497 e. The maximum absolute atomic E-state index is 13.0. The SMILES string of the molecule is COc1ccc2/c(=N/O)cc(C(=O)N3CCN(S(=O)(=O)c4ccccc4Cl)CC3)oc2c1. The Labute approximate surface area is 189 Å². The molecule has 0 saturated carbocycles. The fraction of sp³-hybridized carbons (Fsp3) is 0.238. The molecule has 0 unspecified atom stereocenters. The minimum absolute atomic E-state index is 0.0269. The molecule has 0 atom stereocenters. The van der Waals surface area contributed by atoms with E-state index in [9.17, 15) is 18.4 Å². The number of ether oxygens (including phenoxy) is 1. The molecule has 1 aliphatic rings. The lowest BCUT2D eigenvalue weighted by atomic mass is 10.2. The lowest BCUT2D eigenvalue weighted by molar-refractivity contribution is 0.0666. The number of amides is 1. The zero-order valence-corrected chi connectivity index (χ0v) is 18.6. The van der Waals surface area contributed by atoms with Crippen molar-refractivity contribution in [2.24, 2.45) is 5.16 Å². The highest BCUT2D eigenvalue weighted by Gasteiger charge is 2.32. The molecule has 3 aromatic rings. The van der Waals surface area contributed by atoms with E-state index in [2.05, 4.69) is 5.16 Å². The molecule has 1 N–H and O–H groups in total. The fourth-order valence-corrected chi connectivity index (χ4v) is 5.46. The molecule has 0 radical (unpaired) electrons. The molecule has 1 saturated heterocycles. The van der Waals surface area contributed by atoms with Crippen LogP contribution in [0.1, 0.15) is 10.6 Å². The van der Waals surface area contributed by atoms with Gasteiger partial charge in [0.25, 0.3) is 5.91 Å². The number of piperazine rings is 1. The van der Waals surface area contributed by atoms with Gasteiger partial charge in [-0.25, -0.2) is 8.42 Å². The number of halogens is 1. The van der Waals surface area contributed by atoms with Gasteiger partial charge >= 0.3 is 0 Å². The molecule has 0 spiro atoms. The summed E-state index contributed by atoms with van der Waals surface area (Å²) in [4.78, 5) is 14.6. The van der Waals surface area contributed by atoms with Crippen LogP contribution in [0.15, 0.2) is 63.0 Å². The zero-order chi connectivity index (χ0) is 22.9. The predicted molar refractivity (Wildman–Crippen MR) is 116 cm³/mol. The summed E-state index contributed by atoms with van der Waals surface area (Å²) in [7, 11) is -2.27. The number of sulfonamides is 1. The summed E-state index contributed by atoms with van der Waals surface area (Å²) < 4.78 is 38.1. The summed E-state index contributed by atoms with van der Waals surface area (Å²) in [6.07, 6.45) is 0. The first kappa shape index (κ1) is 22.1. The summed E-state index contributed by atoms with van der Waals surface area (Å²) in [6.45, 7) is 0.551. The number of carbonyl (C=O) groups excluding carboxylic acids is 1. The van der Waals surface area contributed by atoms with Crippen LogP contribution in [-0.4, -0.2) is 62.0 Å². The molecule has 1 aliphatic heterocycles. The summed E-state index contributed by atoms with van der Waals surface area (Å²) >= 11 is 6.06. The second-order valence-electron chi connectivity index (χ2n) is 7.08. The van der Waals surface area contributed by atoms with Crippen LogP contribution in [0.5, 0.6) is 5.75 Å². The smallest absolute Gasteiger partial charge is 0.289 e. The van der Waals surface area contributed by atoms with Crippen molar-refractivity contribution in [1.82, 2.24) is 9.21 Å². The Morgan fingerprint density at radius 3 is 2.50 bits per heavy atom. The molecule has 2 heterocycles. The predicted octanol–water partition coefficient (Wildman–Crippen LogP) is 2.53. The average Bonchev–Trinajstić information content (AvgIpc) is 2.82. The van der Waals surface area contributed by atoms with Crippen molar-refractivity contribution in [2.45, 2.75) is 4.90 Å². The molecule has 32 heavy (non-hydrogen) atoms. The van der Waals surface area contributed by atoms with Crippen molar-refractivity contribution in [3.05, 3.63) is 64.7 Å². The maximum atomic E-state index is 13.0. The van der Waals surface area contributed by atoms with Gasteiger partial charge in [0.05, 0.1) is 12.1 Å². The zero-order valence-electron chi connectivity index (χ0n) is 17.1. The number of nitrogens with zero attached hydrogens (tertiary/aromatic N) is 3. The molecular formula is C21H20ClN3O6S. The molecule has 1 aromatic heterocycles. The molecule has 0 aliphatic carbocycles. The fourth-order valence-electron chi connectivity index (χ4n) is 3.54. The van der Waals surface area contributed by atoms with E-state index in [0.717, 1.165) is 0 Å². The van der Waals surface area contributed by atoms with Crippen molar-refractivity contribution in [3.8, 4) is 5.75 Å². The van der Waals surface area contributed by atoms with E-state index in [0.29, 0.717) is 16.7 Å². The first-order valence-electron chi connectivity index (χ1n) is 9.69. The van der Waals surface area contributed by atoms with Gasteiger partial charge in [0.1, 0.15) is 21.6 Å². The van der Waals surface area contributed by atoms with Crippen molar-refractivity contribution >= 4 is 38.5 Å². The molecule has 2 aromatic carbocycles. The van der Waals surface area contributed by atoms with E-state index in [-0.39, 0.29) is 47.2 Å². The lowest BCUT2D eigenvalue weighted by Crippen LogP contribution is -2.50. The van der Waals surface area contributed by atoms with Crippen LogP contribution < -0.4 is 10.1 Å². The van der Waals surface area contributed by atoms with Gasteiger partial charge in [0, 0.05) is 43.7 Å². The van der Waals surface area contributed by atoms with Crippen LogP contribution >= 0.6 is 11.6 Å². The minimum atomic E-state index is -3.78. The van der Waals surface area contributed by atoms with E-state index >= 15 is 0 Å². The van der Waals surface area contributed by atoms with Gasteiger partial charge in [-0.2, -0.15) is 4.31 Å². The molecular weight excluding hydrogens is 458 g/mol. The van der Waals surface area contributed by atoms with Crippen LogP contribution in [-0.2, 0) is 10.0 Å². The van der Waals surface area contributed by atoms with Crippen molar-refractivity contribution < 1.29 is 27.6 Å². The second kappa shape index (κ2) is 8.81. The Balaban J connectivity index is 1.56. The first-order chi connectivity index (χ1) is 15.3. The third kappa shape index (κ3) is 4.04. The highest BCUT2D eigenvalue weighted by molar-refractivity contribution is 7.89. The molecule has 168 valence electrons. The highest BCUT2D eigenvalue weighted by atomic mass is 35.5. The van der Waals surface area contributed by atoms with E-state index in [1.54, 1.807) is 30.3 Å². The quantitative estimate of drug-likeness (QED) is 0.456. The van der Waals surface area contributed by atoms with Gasteiger partial charge in [-0.15, -0.1) is 0 Å². The standard InChI is InChI=1S/C21H20ClN3O6S/c1-30-14-6-7-15-17(23-27)13-19(31-18(15)12-14)21(26)24-8-10-25(11-9-24)32(28,29)20-5-3-2-4-16(20)22/h2-7,12-13,27H,8-11H2,1H3/b23-17+. The normalized spacial score (nSPS) is 15.8. The monoisotopic (exact) mass is 477 g/mol. The van der Waals surface area contributed by atoms with Gasteiger partial charge in [-0.1, -0.05) is 28.9 Å². The topological polar surface area (TPSA) is 113 Å². The number of methoxy groups -OCH3 is 1. The van der Waals surface area contributed by atoms with Crippen LogP contribution in [0, 0.1) is 0 Å². The summed E-state index contributed by atoms with van der Waals surface area (Å²) in [5, 5.41) is 13.5. The van der Waals surface area contributed by atoms with Crippen molar-refractivity contribution in [2.75, 3.05) is 33.3 Å². The first-order valence-corrected chi connectivity index (χ1v) is 11.5. The molecule has 4 rings (SSSR count). The van der Waals surface area contributed by atoms with Crippen LogP contribution in [0.2, 0.25) is 5.02 Å². The molecule has 1 amide bonds. The number of hydrogen-bond acceptors (Lipinski definition) is 7. The Kier molecular flexibility index (Phi) is 6.09. The van der Waals surface area contributed by atoms with Gasteiger partial charge in [-0.3, -0.25) is 4.79 Å². The Hall–Kier alpha value is -3.08. The third-order valence-corrected chi connectivity index (χ3v) is 7.65. The van der Waals surface area contributed by atoms with Gasteiger partial charge in [0.2, 0.25) is 10.0 Å². The van der Waals surface area contributed by atoms with Crippen molar-refractivity contribution in [3.63, 3.8) is 0 Å². The largest absolute Gasteiger partial charge is 0.497 e. The highest BCUT2D eigenvalue weighted by Crippen LogP contribution is 2.25. The number of fused-ring (bicyclic) bond motifs is 1. The third-order valence-electron chi connectivity index (χ3n) is 5.25. The van der Waals surface area contributed by atoms with Gasteiger partial charge in [0.15, 0.2) is 5.76 Å². The molecule has 9 nitrogen and oxygen atoms in total. The van der Waals surface area contributed by atoms with E-state index < -0.39 is 15.9 Å². The lowest BCUT2D eigenvalue weighted by Gasteiger charge is -2.33. The van der Waals surface area contributed by atoms with Crippen LogP contribution in [0.4, 0.5) is 0 Å².